The predicted octanol–water partition coefficient (Wildman–Crippen LogP) is 4.02. The fraction of sp³-hybridized carbons (Fsp3) is 0.100. The van der Waals surface area contributed by atoms with E-state index >= 15 is 0 Å². The van der Waals surface area contributed by atoms with E-state index in [1.165, 1.54) is 0 Å². The van der Waals surface area contributed by atoms with Crippen LogP contribution in [0.4, 0.5) is 0 Å². The Bertz CT molecular complexity index is 525. The second-order valence-electron chi connectivity index (χ2n) is 2.87. The molecule has 1 nitrogen and oxygen atoms in total. The molecular weight excluding hydrogens is 278 g/mol. The number of halogens is 1. The Kier molecular flexibility index (Phi) is 2.82. The third-order valence-corrected chi connectivity index (χ3v) is 4.19. The van der Waals surface area contributed by atoms with E-state index < -0.39 is 0 Å². The van der Waals surface area contributed by atoms with Crippen LogP contribution < -0.4 is 0 Å². The van der Waals surface area contributed by atoms with Crippen molar-refractivity contribution in [3.63, 3.8) is 0 Å². The SMILES string of the molecule is N#CCc1ccc(S)c2sc(Br)cc12. The van der Waals surface area contributed by atoms with Gasteiger partial charge in [0, 0.05) is 9.60 Å². The molecule has 0 amide bonds. The number of hydrogen-bond acceptors (Lipinski definition) is 3. The summed E-state index contributed by atoms with van der Waals surface area (Å²) in [7, 11) is 0. The van der Waals surface area contributed by atoms with Crippen molar-refractivity contribution < 1.29 is 0 Å². The maximum atomic E-state index is 8.68. The van der Waals surface area contributed by atoms with Crippen molar-refractivity contribution in [2.24, 2.45) is 0 Å². The lowest BCUT2D eigenvalue weighted by atomic mass is 10.1. The number of thiophene rings is 1. The van der Waals surface area contributed by atoms with E-state index in [0.717, 1.165) is 24.3 Å². The summed E-state index contributed by atoms with van der Waals surface area (Å²) in [6.45, 7) is 0. The number of hydrogen-bond donors (Lipinski definition) is 1. The summed E-state index contributed by atoms with van der Waals surface area (Å²) < 4.78 is 2.22. The molecule has 0 unspecified atom stereocenters. The van der Waals surface area contributed by atoms with E-state index in [9.17, 15) is 0 Å². The van der Waals surface area contributed by atoms with Crippen LogP contribution in [0, 0.1) is 11.3 Å². The number of thiol groups is 1. The standard InChI is InChI=1S/C10H6BrNS2/c11-9-5-7-6(3-4-12)1-2-8(13)10(7)14-9/h1-2,5,13H,3H2. The predicted molar refractivity (Wildman–Crippen MR) is 66.1 cm³/mol. The largest absolute Gasteiger partial charge is 0.198 e. The molecule has 0 N–H and O–H groups in total. The van der Waals surface area contributed by atoms with Gasteiger partial charge in [-0.05, 0) is 39.0 Å². The molecule has 0 radical (unpaired) electrons. The van der Waals surface area contributed by atoms with Gasteiger partial charge in [-0.25, -0.2) is 0 Å². The number of rotatable bonds is 1. The molecule has 0 saturated carbocycles. The van der Waals surface area contributed by atoms with Crippen LogP contribution in [0.5, 0.6) is 0 Å². The van der Waals surface area contributed by atoms with Crippen LogP contribution in [0.3, 0.4) is 0 Å². The molecule has 0 bridgehead atoms. The minimum atomic E-state index is 0.452. The highest BCUT2D eigenvalue weighted by molar-refractivity contribution is 9.11. The van der Waals surface area contributed by atoms with Gasteiger partial charge in [0.2, 0.25) is 0 Å². The summed E-state index contributed by atoms with van der Waals surface area (Å²) >= 11 is 9.48. The Labute approximate surface area is 99.9 Å². The molecule has 0 fully saturated rings. The molecule has 4 heteroatoms. The van der Waals surface area contributed by atoms with Gasteiger partial charge in [-0.3, -0.25) is 0 Å². The van der Waals surface area contributed by atoms with Crippen molar-refractivity contribution in [3.8, 4) is 6.07 Å². The molecule has 0 aliphatic carbocycles. The first-order chi connectivity index (χ1) is 6.72. The van der Waals surface area contributed by atoms with Gasteiger partial charge in [-0.1, -0.05) is 6.07 Å². The Hall–Kier alpha value is -0.500. The molecule has 1 aromatic carbocycles. The second-order valence-corrected chi connectivity index (χ2v) is 5.79. The minimum absolute atomic E-state index is 0.452. The summed E-state index contributed by atoms with van der Waals surface area (Å²) in [6.07, 6.45) is 0.452. The molecule has 14 heavy (non-hydrogen) atoms. The molecule has 0 spiro atoms. The lowest BCUT2D eigenvalue weighted by Gasteiger charge is -1.99. The fourth-order valence-corrected chi connectivity index (χ4v) is 3.26. The average Bonchev–Trinajstić information content (AvgIpc) is 2.53. The van der Waals surface area contributed by atoms with E-state index in [2.05, 4.69) is 34.6 Å². The summed E-state index contributed by atoms with van der Waals surface area (Å²) in [6, 6.07) is 8.13. The number of nitrogens with zero attached hydrogens (tertiary/aromatic N) is 1. The van der Waals surface area contributed by atoms with E-state index in [1.807, 2.05) is 18.2 Å². The van der Waals surface area contributed by atoms with Crippen LogP contribution in [-0.2, 0) is 6.42 Å². The van der Waals surface area contributed by atoms with Crippen LogP contribution >= 0.6 is 39.9 Å². The van der Waals surface area contributed by atoms with Crippen molar-refractivity contribution in [1.82, 2.24) is 0 Å². The van der Waals surface area contributed by atoms with E-state index in [1.54, 1.807) is 11.3 Å². The Morgan fingerprint density at radius 2 is 2.29 bits per heavy atom. The first-order valence-electron chi connectivity index (χ1n) is 3.99. The van der Waals surface area contributed by atoms with Crippen molar-refractivity contribution in [1.29, 1.82) is 5.26 Å². The highest BCUT2D eigenvalue weighted by Crippen LogP contribution is 2.36. The fourth-order valence-electron chi connectivity index (χ4n) is 1.37. The Morgan fingerprint density at radius 1 is 1.50 bits per heavy atom. The normalized spacial score (nSPS) is 10.4. The van der Waals surface area contributed by atoms with E-state index in [-0.39, 0.29) is 0 Å². The van der Waals surface area contributed by atoms with Gasteiger partial charge in [0.25, 0.3) is 0 Å². The van der Waals surface area contributed by atoms with Crippen molar-refractivity contribution in [2.45, 2.75) is 11.3 Å². The number of fused-ring (bicyclic) bond motifs is 1. The zero-order valence-corrected chi connectivity index (χ0v) is 10.4. The van der Waals surface area contributed by atoms with Gasteiger partial charge in [-0.15, -0.1) is 24.0 Å². The molecule has 0 aliphatic rings. The van der Waals surface area contributed by atoms with Gasteiger partial charge >= 0.3 is 0 Å². The summed E-state index contributed by atoms with van der Waals surface area (Å²) in [5.74, 6) is 0. The summed E-state index contributed by atoms with van der Waals surface area (Å²) in [4.78, 5) is 0.970. The van der Waals surface area contributed by atoms with Gasteiger partial charge < -0.3 is 0 Å². The number of nitriles is 1. The van der Waals surface area contributed by atoms with Gasteiger partial charge in [-0.2, -0.15) is 5.26 Å². The first kappa shape index (κ1) is 10.0. The zero-order valence-electron chi connectivity index (χ0n) is 7.12. The summed E-state index contributed by atoms with van der Waals surface area (Å²) in [5.41, 5.74) is 1.07. The van der Waals surface area contributed by atoms with Crippen molar-refractivity contribution in [2.75, 3.05) is 0 Å². The molecule has 70 valence electrons. The molecule has 2 aromatic rings. The van der Waals surface area contributed by atoms with Gasteiger partial charge in [0.05, 0.1) is 16.3 Å². The van der Waals surface area contributed by atoms with Gasteiger partial charge in [0.1, 0.15) is 0 Å². The lowest BCUT2D eigenvalue weighted by Crippen LogP contribution is -1.81. The third kappa shape index (κ3) is 1.68. The van der Waals surface area contributed by atoms with Crippen molar-refractivity contribution >= 4 is 50.0 Å². The molecule has 0 atom stereocenters. The van der Waals surface area contributed by atoms with Crippen LogP contribution in [0.1, 0.15) is 5.56 Å². The van der Waals surface area contributed by atoms with Crippen LogP contribution in [0.25, 0.3) is 10.1 Å². The summed E-state index contributed by atoms with van der Waals surface area (Å²) in [5, 5.41) is 9.81. The number of benzene rings is 1. The van der Waals surface area contributed by atoms with Crippen molar-refractivity contribution in [3.05, 3.63) is 27.5 Å². The molecule has 1 aromatic heterocycles. The molecular formula is C10H6BrNS2. The molecule has 0 saturated heterocycles. The van der Waals surface area contributed by atoms with Gasteiger partial charge in [0.15, 0.2) is 0 Å². The Balaban J connectivity index is 2.75. The van der Waals surface area contributed by atoms with Crippen LogP contribution in [-0.4, -0.2) is 0 Å². The smallest absolute Gasteiger partial charge is 0.0711 e. The second kappa shape index (κ2) is 3.93. The molecule has 1 heterocycles. The molecule has 2 rings (SSSR count). The topological polar surface area (TPSA) is 23.8 Å². The molecule has 0 aliphatic heterocycles. The van der Waals surface area contributed by atoms with Crippen LogP contribution in [0.2, 0.25) is 0 Å². The highest BCUT2D eigenvalue weighted by atomic mass is 79.9. The average molecular weight is 284 g/mol. The highest BCUT2D eigenvalue weighted by Gasteiger charge is 2.07. The maximum Gasteiger partial charge on any atom is 0.0711 e. The maximum absolute atomic E-state index is 8.68. The lowest BCUT2D eigenvalue weighted by molar-refractivity contribution is 1.28. The van der Waals surface area contributed by atoms with Crippen LogP contribution in [0.15, 0.2) is 26.9 Å². The quantitative estimate of drug-likeness (QED) is 0.786. The monoisotopic (exact) mass is 283 g/mol. The first-order valence-corrected chi connectivity index (χ1v) is 6.05. The Morgan fingerprint density at radius 3 is 3.00 bits per heavy atom. The minimum Gasteiger partial charge on any atom is -0.198 e. The van der Waals surface area contributed by atoms with E-state index in [4.69, 9.17) is 5.26 Å². The zero-order chi connectivity index (χ0) is 10.1. The van der Waals surface area contributed by atoms with E-state index in [0.29, 0.717) is 6.42 Å². The third-order valence-electron chi connectivity index (χ3n) is 1.99.